The highest BCUT2D eigenvalue weighted by atomic mass is 19.1. The summed E-state index contributed by atoms with van der Waals surface area (Å²) in [5.41, 5.74) is 0.654. The lowest BCUT2D eigenvalue weighted by Gasteiger charge is -2.29. The number of likely N-dealkylation sites (N-methyl/N-ethyl adjacent to an activating group) is 2. The number of benzene rings is 1. The zero-order valence-electron chi connectivity index (χ0n) is 14.0. The zero-order chi connectivity index (χ0) is 18.1. The predicted octanol–water partition coefficient (Wildman–Crippen LogP) is 1.10. The summed E-state index contributed by atoms with van der Waals surface area (Å²) < 4.78 is 19.7. The second kappa shape index (κ2) is 6.64. The van der Waals surface area contributed by atoms with Gasteiger partial charge in [-0.25, -0.2) is 9.18 Å². The standard InChI is InChI=1S/C17H18FN3O4/c1-19-15(22)12(16(23)20(2)17(19)24)9-11-3-4-14(13(18)10-11)21-5-7-25-8-6-21/h3-4,9-10H,5-8H2,1-2H3. The van der Waals surface area contributed by atoms with Gasteiger partial charge in [0.25, 0.3) is 11.8 Å². The second-order valence-corrected chi connectivity index (χ2v) is 5.88. The number of hydrogen-bond acceptors (Lipinski definition) is 5. The average molecular weight is 347 g/mol. The van der Waals surface area contributed by atoms with E-state index >= 15 is 0 Å². The Kier molecular flexibility index (Phi) is 4.54. The molecule has 2 aliphatic heterocycles. The lowest BCUT2D eigenvalue weighted by Crippen LogP contribution is -2.52. The highest BCUT2D eigenvalue weighted by molar-refractivity contribution is 6.30. The molecule has 2 fully saturated rings. The SMILES string of the molecule is CN1C(=O)C(=Cc2ccc(N3CCOCC3)c(F)c2)C(=O)N(C)C1=O. The van der Waals surface area contributed by atoms with Crippen LogP contribution in [0.3, 0.4) is 0 Å². The van der Waals surface area contributed by atoms with E-state index in [9.17, 15) is 18.8 Å². The van der Waals surface area contributed by atoms with Crippen molar-refractivity contribution in [2.45, 2.75) is 0 Å². The van der Waals surface area contributed by atoms with Gasteiger partial charge in [0, 0.05) is 27.2 Å². The van der Waals surface area contributed by atoms with Crippen molar-refractivity contribution in [1.82, 2.24) is 9.80 Å². The molecule has 2 saturated heterocycles. The number of hydrogen-bond donors (Lipinski definition) is 0. The first kappa shape index (κ1) is 17.1. The Balaban J connectivity index is 1.90. The van der Waals surface area contributed by atoms with Gasteiger partial charge < -0.3 is 9.64 Å². The summed E-state index contributed by atoms with van der Waals surface area (Å²) in [5.74, 6) is -1.85. The fourth-order valence-electron chi connectivity index (χ4n) is 2.82. The number of imide groups is 2. The fraction of sp³-hybridized carbons (Fsp3) is 0.353. The molecule has 132 valence electrons. The van der Waals surface area contributed by atoms with Crippen molar-refractivity contribution in [3.8, 4) is 0 Å². The molecule has 0 aromatic heterocycles. The number of anilines is 1. The van der Waals surface area contributed by atoms with E-state index in [-0.39, 0.29) is 5.57 Å². The summed E-state index contributed by atoms with van der Waals surface area (Å²) in [5, 5.41) is 0. The van der Waals surface area contributed by atoms with Crippen molar-refractivity contribution >= 4 is 29.6 Å². The quantitative estimate of drug-likeness (QED) is 0.592. The van der Waals surface area contributed by atoms with Gasteiger partial charge in [0.2, 0.25) is 0 Å². The largest absolute Gasteiger partial charge is 0.378 e. The molecule has 0 aliphatic carbocycles. The smallest absolute Gasteiger partial charge is 0.333 e. The average Bonchev–Trinajstić information content (AvgIpc) is 2.63. The van der Waals surface area contributed by atoms with Gasteiger partial charge in [-0.3, -0.25) is 19.4 Å². The molecule has 25 heavy (non-hydrogen) atoms. The number of halogens is 1. The Hall–Kier alpha value is -2.74. The van der Waals surface area contributed by atoms with Crippen molar-refractivity contribution in [3.63, 3.8) is 0 Å². The van der Waals surface area contributed by atoms with E-state index in [1.54, 1.807) is 12.1 Å². The van der Waals surface area contributed by atoms with E-state index in [2.05, 4.69) is 0 Å². The van der Waals surface area contributed by atoms with Crippen molar-refractivity contribution in [1.29, 1.82) is 0 Å². The molecular weight excluding hydrogens is 329 g/mol. The number of urea groups is 1. The fourth-order valence-corrected chi connectivity index (χ4v) is 2.82. The molecular formula is C17H18FN3O4. The number of barbiturate groups is 1. The van der Waals surface area contributed by atoms with Gasteiger partial charge in [-0.2, -0.15) is 0 Å². The van der Waals surface area contributed by atoms with Crippen LogP contribution in [0.15, 0.2) is 23.8 Å². The maximum atomic E-state index is 14.4. The van der Waals surface area contributed by atoms with Gasteiger partial charge in [0.05, 0.1) is 18.9 Å². The molecule has 0 radical (unpaired) electrons. The molecule has 8 heteroatoms. The highest BCUT2D eigenvalue weighted by Crippen LogP contribution is 2.24. The number of carbonyl (C=O) groups is 3. The molecule has 0 saturated carbocycles. The van der Waals surface area contributed by atoms with Gasteiger partial charge >= 0.3 is 6.03 Å². The molecule has 0 bridgehead atoms. The van der Waals surface area contributed by atoms with E-state index in [0.717, 1.165) is 9.80 Å². The maximum absolute atomic E-state index is 14.4. The van der Waals surface area contributed by atoms with Crippen LogP contribution < -0.4 is 4.90 Å². The molecule has 0 spiro atoms. The van der Waals surface area contributed by atoms with Gasteiger partial charge in [-0.05, 0) is 23.8 Å². The summed E-state index contributed by atoms with van der Waals surface area (Å²) in [6.45, 7) is 2.29. The predicted molar refractivity (Wildman–Crippen MR) is 88.3 cm³/mol. The van der Waals surface area contributed by atoms with Crippen LogP contribution in [0.1, 0.15) is 5.56 Å². The molecule has 0 unspecified atom stereocenters. The second-order valence-electron chi connectivity index (χ2n) is 5.88. The first-order valence-corrected chi connectivity index (χ1v) is 7.84. The van der Waals surface area contributed by atoms with Crippen LogP contribution in [0, 0.1) is 5.82 Å². The minimum Gasteiger partial charge on any atom is -0.378 e. The highest BCUT2D eigenvalue weighted by Gasteiger charge is 2.37. The summed E-state index contributed by atoms with van der Waals surface area (Å²) in [4.78, 5) is 39.6. The number of ether oxygens (including phenoxy) is 1. The van der Waals surface area contributed by atoms with Crippen LogP contribution in [-0.2, 0) is 14.3 Å². The first-order chi connectivity index (χ1) is 11.9. The Bertz CT molecular complexity index is 745. The minimum atomic E-state index is -0.703. The van der Waals surface area contributed by atoms with E-state index in [0.29, 0.717) is 37.6 Å². The van der Waals surface area contributed by atoms with Crippen molar-refractivity contribution in [3.05, 3.63) is 35.2 Å². The van der Waals surface area contributed by atoms with E-state index in [1.165, 1.54) is 26.2 Å². The molecule has 2 heterocycles. The minimum absolute atomic E-state index is 0.178. The van der Waals surface area contributed by atoms with Crippen LogP contribution in [0.25, 0.3) is 6.08 Å². The normalized spacial score (nSPS) is 18.9. The lowest BCUT2D eigenvalue weighted by atomic mass is 10.1. The third-order valence-corrected chi connectivity index (χ3v) is 4.28. The van der Waals surface area contributed by atoms with Crippen LogP contribution in [0.4, 0.5) is 14.9 Å². The molecule has 1 aromatic rings. The van der Waals surface area contributed by atoms with Crippen molar-refractivity contribution < 1.29 is 23.5 Å². The Morgan fingerprint density at radius 2 is 1.64 bits per heavy atom. The van der Waals surface area contributed by atoms with Crippen molar-refractivity contribution in [2.24, 2.45) is 0 Å². The number of amides is 4. The zero-order valence-corrected chi connectivity index (χ0v) is 14.0. The summed E-state index contributed by atoms with van der Waals surface area (Å²) in [6, 6.07) is 3.83. The third-order valence-electron chi connectivity index (χ3n) is 4.28. The molecule has 3 rings (SSSR count). The Labute approximate surface area is 144 Å². The van der Waals surface area contributed by atoms with Crippen LogP contribution >= 0.6 is 0 Å². The molecule has 2 aliphatic rings. The number of rotatable bonds is 2. The number of morpholine rings is 1. The van der Waals surface area contributed by atoms with Crippen molar-refractivity contribution in [2.75, 3.05) is 45.3 Å². The van der Waals surface area contributed by atoms with E-state index < -0.39 is 23.7 Å². The first-order valence-electron chi connectivity index (χ1n) is 7.84. The summed E-state index contributed by atoms with van der Waals surface area (Å²) >= 11 is 0. The topological polar surface area (TPSA) is 70.2 Å². The monoisotopic (exact) mass is 347 g/mol. The molecule has 0 N–H and O–H groups in total. The number of nitrogens with zero attached hydrogens (tertiary/aromatic N) is 3. The Morgan fingerprint density at radius 3 is 2.20 bits per heavy atom. The molecule has 0 atom stereocenters. The molecule has 1 aromatic carbocycles. The lowest BCUT2D eigenvalue weighted by molar-refractivity contribution is -0.134. The summed E-state index contributed by atoms with van der Waals surface area (Å²) in [6.07, 6.45) is 1.30. The van der Waals surface area contributed by atoms with Gasteiger partial charge in [-0.1, -0.05) is 6.07 Å². The van der Waals surface area contributed by atoms with Crippen LogP contribution in [-0.4, -0.2) is 68.0 Å². The van der Waals surface area contributed by atoms with E-state index in [1.807, 2.05) is 4.90 Å². The maximum Gasteiger partial charge on any atom is 0.333 e. The summed E-state index contributed by atoms with van der Waals surface area (Å²) in [7, 11) is 2.59. The van der Waals surface area contributed by atoms with Crippen LogP contribution in [0.2, 0.25) is 0 Å². The van der Waals surface area contributed by atoms with Gasteiger partial charge in [0.1, 0.15) is 11.4 Å². The number of carbonyl (C=O) groups excluding carboxylic acids is 3. The molecule has 4 amide bonds. The third kappa shape index (κ3) is 3.12. The van der Waals surface area contributed by atoms with E-state index in [4.69, 9.17) is 4.74 Å². The van der Waals surface area contributed by atoms with Crippen LogP contribution in [0.5, 0.6) is 0 Å². The van der Waals surface area contributed by atoms with Gasteiger partial charge in [0.15, 0.2) is 0 Å². The van der Waals surface area contributed by atoms with Gasteiger partial charge in [-0.15, -0.1) is 0 Å². The molecule has 7 nitrogen and oxygen atoms in total. The Morgan fingerprint density at radius 1 is 1.04 bits per heavy atom.